The van der Waals surface area contributed by atoms with Gasteiger partial charge in [0.15, 0.2) is 0 Å². The first kappa shape index (κ1) is 16.1. The van der Waals surface area contributed by atoms with Crippen molar-refractivity contribution in [1.29, 1.82) is 0 Å². The van der Waals surface area contributed by atoms with Crippen LogP contribution in [0.5, 0.6) is 5.75 Å². The molecule has 0 heterocycles. The van der Waals surface area contributed by atoms with E-state index in [4.69, 9.17) is 16.3 Å². The van der Waals surface area contributed by atoms with Crippen LogP contribution in [0.1, 0.15) is 31.2 Å². The minimum absolute atomic E-state index is 0.0487. The lowest BCUT2D eigenvalue weighted by molar-refractivity contribution is -0.121. The molecule has 1 fully saturated rings. The van der Waals surface area contributed by atoms with Crippen molar-refractivity contribution in [2.45, 2.75) is 38.1 Å². The van der Waals surface area contributed by atoms with Gasteiger partial charge >= 0.3 is 0 Å². The van der Waals surface area contributed by atoms with Gasteiger partial charge in [-0.3, -0.25) is 4.79 Å². The number of nitrogens with one attached hydrogen (secondary N) is 1. The molecule has 1 saturated carbocycles. The van der Waals surface area contributed by atoms with Gasteiger partial charge in [0, 0.05) is 23.6 Å². The average molecular weight is 312 g/mol. The molecule has 0 spiro atoms. The molecular formula is C16H22ClNO3. The predicted molar refractivity (Wildman–Crippen MR) is 82.7 cm³/mol. The normalized spacial score (nSPS) is 21.9. The van der Waals surface area contributed by atoms with Crippen molar-refractivity contribution in [2.75, 3.05) is 13.7 Å². The van der Waals surface area contributed by atoms with Crippen LogP contribution in [0.2, 0.25) is 5.02 Å². The molecule has 1 aliphatic carbocycles. The van der Waals surface area contributed by atoms with Gasteiger partial charge in [-0.25, -0.2) is 0 Å². The molecule has 1 amide bonds. The van der Waals surface area contributed by atoms with Crippen molar-refractivity contribution in [3.05, 3.63) is 28.8 Å². The maximum Gasteiger partial charge on any atom is 0.224 e. The fourth-order valence-electron chi connectivity index (χ4n) is 2.85. The van der Waals surface area contributed by atoms with E-state index in [-0.39, 0.29) is 30.9 Å². The van der Waals surface area contributed by atoms with Gasteiger partial charge in [0.05, 0.1) is 13.5 Å². The lowest BCUT2D eigenvalue weighted by Crippen LogP contribution is -2.44. The lowest BCUT2D eigenvalue weighted by atomic mass is 9.85. The van der Waals surface area contributed by atoms with E-state index in [0.29, 0.717) is 10.8 Å². The number of ether oxygens (including phenoxy) is 1. The summed E-state index contributed by atoms with van der Waals surface area (Å²) in [5.41, 5.74) is 0.784. The summed E-state index contributed by atoms with van der Waals surface area (Å²) in [5, 5.41) is 12.9. The van der Waals surface area contributed by atoms with Crippen LogP contribution in [-0.4, -0.2) is 30.8 Å². The second-order valence-corrected chi connectivity index (χ2v) is 5.94. The molecule has 0 bridgehead atoms. The van der Waals surface area contributed by atoms with Gasteiger partial charge in [-0.2, -0.15) is 0 Å². The molecule has 2 rings (SSSR count). The fourth-order valence-corrected chi connectivity index (χ4v) is 3.08. The highest BCUT2D eigenvalue weighted by atomic mass is 35.5. The van der Waals surface area contributed by atoms with Gasteiger partial charge < -0.3 is 15.2 Å². The zero-order chi connectivity index (χ0) is 15.2. The standard InChI is InChI=1S/C16H22ClNO3/c1-21-13-7-6-11(14(17)9-13)8-16(20)18-15-5-3-2-4-12(15)10-19/h6-7,9,12,15,19H,2-5,8,10H2,1H3,(H,18,20). The molecule has 0 aliphatic heterocycles. The van der Waals surface area contributed by atoms with Crippen molar-refractivity contribution in [3.63, 3.8) is 0 Å². The quantitative estimate of drug-likeness (QED) is 0.878. The summed E-state index contributed by atoms with van der Waals surface area (Å²) in [6.45, 7) is 0.133. The number of rotatable bonds is 5. The Kier molecular flexibility index (Phi) is 5.88. The summed E-state index contributed by atoms with van der Waals surface area (Å²) in [7, 11) is 1.58. The Morgan fingerprint density at radius 2 is 2.19 bits per heavy atom. The highest BCUT2D eigenvalue weighted by Crippen LogP contribution is 2.25. The summed E-state index contributed by atoms with van der Waals surface area (Å²) in [6, 6.07) is 5.39. The number of benzene rings is 1. The molecular weight excluding hydrogens is 290 g/mol. The van der Waals surface area contributed by atoms with E-state index in [1.165, 1.54) is 0 Å². The highest BCUT2D eigenvalue weighted by molar-refractivity contribution is 6.31. The summed E-state index contributed by atoms with van der Waals surface area (Å²) in [5.74, 6) is 0.804. The molecule has 2 atom stereocenters. The third-order valence-corrected chi connectivity index (χ3v) is 4.45. The number of halogens is 1. The molecule has 116 valence electrons. The van der Waals surface area contributed by atoms with Gasteiger partial charge in [-0.05, 0) is 30.5 Å². The van der Waals surface area contributed by atoms with Gasteiger partial charge in [0.1, 0.15) is 5.75 Å². The Hall–Kier alpha value is -1.26. The number of hydrogen-bond acceptors (Lipinski definition) is 3. The topological polar surface area (TPSA) is 58.6 Å². The summed E-state index contributed by atoms with van der Waals surface area (Å²) < 4.78 is 5.09. The highest BCUT2D eigenvalue weighted by Gasteiger charge is 2.25. The molecule has 2 unspecified atom stereocenters. The van der Waals surface area contributed by atoms with Gasteiger partial charge in [-0.15, -0.1) is 0 Å². The van der Waals surface area contributed by atoms with Crippen molar-refractivity contribution in [1.82, 2.24) is 5.32 Å². The van der Waals surface area contributed by atoms with Gasteiger partial charge in [0.25, 0.3) is 0 Å². The summed E-state index contributed by atoms with van der Waals surface area (Å²) >= 11 is 6.15. The van der Waals surface area contributed by atoms with Crippen LogP contribution in [0.4, 0.5) is 0 Å². The number of methoxy groups -OCH3 is 1. The summed E-state index contributed by atoms with van der Waals surface area (Å²) in [4.78, 5) is 12.2. The fraction of sp³-hybridized carbons (Fsp3) is 0.562. The number of carbonyl (C=O) groups excluding carboxylic acids is 1. The van der Waals surface area contributed by atoms with Crippen LogP contribution in [0.25, 0.3) is 0 Å². The first-order chi connectivity index (χ1) is 10.1. The molecule has 2 N–H and O–H groups in total. The zero-order valence-corrected chi connectivity index (χ0v) is 13.0. The second-order valence-electron chi connectivity index (χ2n) is 5.54. The molecule has 1 aromatic carbocycles. The number of aliphatic hydroxyl groups excluding tert-OH is 1. The van der Waals surface area contributed by atoms with Crippen LogP contribution in [0, 0.1) is 5.92 Å². The molecule has 1 aromatic rings. The average Bonchev–Trinajstić information content (AvgIpc) is 2.49. The van der Waals surface area contributed by atoms with Crippen molar-refractivity contribution >= 4 is 17.5 Å². The monoisotopic (exact) mass is 311 g/mol. The van der Waals surface area contributed by atoms with Crippen LogP contribution in [-0.2, 0) is 11.2 Å². The van der Waals surface area contributed by atoms with Gasteiger partial charge in [0.2, 0.25) is 5.91 Å². The Balaban J connectivity index is 1.95. The van der Waals surface area contributed by atoms with Crippen LogP contribution in [0.15, 0.2) is 18.2 Å². The Bertz CT molecular complexity index is 492. The Morgan fingerprint density at radius 3 is 2.86 bits per heavy atom. The van der Waals surface area contributed by atoms with E-state index < -0.39 is 0 Å². The lowest BCUT2D eigenvalue weighted by Gasteiger charge is -2.30. The van der Waals surface area contributed by atoms with Crippen LogP contribution < -0.4 is 10.1 Å². The minimum atomic E-state index is -0.0487. The largest absolute Gasteiger partial charge is 0.497 e. The SMILES string of the molecule is COc1ccc(CC(=O)NC2CCCCC2CO)c(Cl)c1. The minimum Gasteiger partial charge on any atom is -0.497 e. The van der Waals surface area contributed by atoms with E-state index in [1.807, 2.05) is 6.07 Å². The molecule has 0 radical (unpaired) electrons. The third-order valence-electron chi connectivity index (χ3n) is 4.10. The maximum atomic E-state index is 12.2. The molecule has 1 aliphatic rings. The summed E-state index contributed by atoms with van der Waals surface area (Å²) in [6.07, 6.45) is 4.39. The smallest absolute Gasteiger partial charge is 0.224 e. The van der Waals surface area contributed by atoms with Crippen molar-refractivity contribution in [3.8, 4) is 5.75 Å². The van der Waals surface area contributed by atoms with Crippen molar-refractivity contribution in [2.24, 2.45) is 5.92 Å². The zero-order valence-electron chi connectivity index (χ0n) is 12.3. The number of hydrogen-bond donors (Lipinski definition) is 2. The van der Waals surface area contributed by atoms with E-state index in [2.05, 4.69) is 5.32 Å². The first-order valence-electron chi connectivity index (χ1n) is 7.36. The number of aliphatic hydroxyl groups is 1. The molecule has 5 heteroatoms. The van der Waals surface area contributed by atoms with E-state index in [9.17, 15) is 9.90 Å². The molecule has 21 heavy (non-hydrogen) atoms. The van der Waals surface area contributed by atoms with Crippen LogP contribution >= 0.6 is 11.6 Å². The molecule has 0 saturated heterocycles. The predicted octanol–water partition coefficient (Wildman–Crippen LogP) is 2.56. The first-order valence-corrected chi connectivity index (χ1v) is 7.74. The molecule has 4 nitrogen and oxygen atoms in total. The number of amides is 1. The van der Waals surface area contributed by atoms with Crippen molar-refractivity contribution < 1.29 is 14.6 Å². The van der Waals surface area contributed by atoms with Gasteiger partial charge in [-0.1, -0.05) is 30.5 Å². The van der Waals surface area contributed by atoms with Crippen LogP contribution in [0.3, 0.4) is 0 Å². The Labute approximate surface area is 130 Å². The molecule has 0 aromatic heterocycles. The Morgan fingerprint density at radius 1 is 1.43 bits per heavy atom. The maximum absolute atomic E-state index is 12.2. The van der Waals surface area contributed by atoms with E-state index >= 15 is 0 Å². The second kappa shape index (κ2) is 7.66. The third kappa shape index (κ3) is 4.35. The van der Waals surface area contributed by atoms with E-state index in [1.54, 1.807) is 19.2 Å². The van der Waals surface area contributed by atoms with E-state index in [0.717, 1.165) is 31.2 Å². The number of carbonyl (C=O) groups is 1.